The van der Waals surface area contributed by atoms with E-state index in [1.54, 1.807) is 43.5 Å². The molecule has 0 radical (unpaired) electrons. The molecule has 2 heterocycles. The number of nitrogens with zero attached hydrogens (tertiary/aromatic N) is 1. The van der Waals surface area contributed by atoms with Gasteiger partial charge in [-0.3, -0.25) is 14.4 Å². The SMILES string of the molecule is COc1ccc(S(=O)(=O)N2CCCC(NC(=O)[C@H](CC(C)C)NC(=O)c3cc4cc(OC)ccc4o3)C(=O)C2)cc1. The smallest absolute Gasteiger partial charge is 0.287 e. The van der Waals surface area contributed by atoms with Crippen LogP contribution in [0.1, 0.15) is 43.7 Å². The Labute approximate surface area is 239 Å². The Morgan fingerprint density at radius 3 is 2.39 bits per heavy atom. The molecule has 0 bridgehead atoms. The molecule has 1 saturated heterocycles. The minimum atomic E-state index is -3.92. The lowest BCUT2D eigenvalue weighted by Crippen LogP contribution is -2.52. The van der Waals surface area contributed by atoms with Crippen molar-refractivity contribution in [3.8, 4) is 11.5 Å². The minimum Gasteiger partial charge on any atom is -0.497 e. The molecule has 220 valence electrons. The second kappa shape index (κ2) is 12.7. The van der Waals surface area contributed by atoms with Gasteiger partial charge in [-0.05, 0) is 73.7 Å². The highest BCUT2D eigenvalue weighted by Gasteiger charge is 2.34. The van der Waals surface area contributed by atoms with Crippen LogP contribution in [0.4, 0.5) is 0 Å². The molecule has 2 N–H and O–H groups in total. The van der Waals surface area contributed by atoms with E-state index in [4.69, 9.17) is 13.9 Å². The molecule has 12 heteroatoms. The van der Waals surface area contributed by atoms with Crippen molar-refractivity contribution in [3.05, 3.63) is 54.3 Å². The number of nitrogens with one attached hydrogen (secondary N) is 2. The number of fused-ring (bicyclic) bond motifs is 1. The zero-order valence-electron chi connectivity index (χ0n) is 23.5. The fourth-order valence-corrected chi connectivity index (χ4v) is 6.16. The third-order valence-corrected chi connectivity index (χ3v) is 8.77. The number of carbonyl (C=O) groups is 3. The maximum Gasteiger partial charge on any atom is 0.287 e. The lowest BCUT2D eigenvalue weighted by molar-refractivity contribution is -0.129. The van der Waals surface area contributed by atoms with Crippen molar-refractivity contribution in [1.29, 1.82) is 0 Å². The number of methoxy groups -OCH3 is 2. The van der Waals surface area contributed by atoms with E-state index in [2.05, 4.69) is 10.6 Å². The first kappa shape index (κ1) is 30.1. The Kier molecular flexibility index (Phi) is 9.34. The van der Waals surface area contributed by atoms with Crippen molar-refractivity contribution >= 4 is 38.6 Å². The number of rotatable bonds is 10. The molecule has 1 aliphatic rings. The van der Waals surface area contributed by atoms with Gasteiger partial charge in [0, 0.05) is 11.9 Å². The summed E-state index contributed by atoms with van der Waals surface area (Å²) in [6.45, 7) is 3.59. The summed E-state index contributed by atoms with van der Waals surface area (Å²) in [4.78, 5) is 39.5. The molecule has 3 aromatic rings. The number of hydrogen-bond acceptors (Lipinski definition) is 8. The summed E-state index contributed by atoms with van der Waals surface area (Å²) in [6.07, 6.45) is 0.965. The van der Waals surface area contributed by atoms with Crippen molar-refractivity contribution < 1.29 is 36.7 Å². The van der Waals surface area contributed by atoms with Crippen molar-refractivity contribution in [1.82, 2.24) is 14.9 Å². The predicted octanol–water partition coefficient (Wildman–Crippen LogP) is 3.13. The normalized spacial score (nSPS) is 17.2. The van der Waals surface area contributed by atoms with Crippen LogP contribution in [0.15, 0.2) is 57.8 Å². The number of furan rings is 1. The zero-order chi connectivity index (χ0) is 29.7. The number of amides is 2. The van der Waals surface area contributed by atoms with Crippen LogP contribution in [0, 0.1) is 5.92 Å². The second-order valence-electron chi connectivity index (χ2n) is 10.4. The highest BCUT2D eigenvalue weighted by molar-refractivity contribution is 7.89. The molecule has 2 aromatic carbocycles. The monoisotopic (exact) mass is 585 g/mol. The Morgan fingerprint density at radius 2 is 1.73 bits per heavy atom. The molecule has 4 rings (SSSR count). The average Bonchev–Trinajstić information content (AvgIpc) is 3.29. The number of hydrogen-bond donors (Lipinski definition) is 2. The van der Waals surface area contributed by atoms with E-state index in [1.165, 1.54) is 19.2 Å². The predicted molar refractivity (Wildman–Crippen MR) is 151 cm³/mol. The molecular formula is C29H35N3O8S. The van der Waals surface area contributed by atoms with Gasteiger partial charge in [0.2, 0.25) is 15.9 Å². The van der Waals surface area contributed by atoms with Gasteiger partial charge in [-0.2, -0.15) is 4.31 Å². The quantitative estimate of drug-likeness (QED) is 0.369. The van der Waals surface area contributed by atoms with Crippen LogP contribution in [0.25, 0.3) is 11.0 Å². The van der Waals surface area contributed by atoms with Crippen molar-refractivity contribution in [2.75, 3.05) is 27.3 Å². The number of benzene rings is 2. The van der Waals surface area contributed by atoms with E-state index >= 15 is 0 Å². The molecule has 1 unspecified atom stereocenters. The largest absolute Gasteiger partial charge is 0.497 e. The molecule has 2 atom stereocenters. The molecule has 1 aliphatic heterocycles. The highest BCUT2D eigenvalue weighted by Crippen LogP contribution is 2.25. The third kappa shape index (κ3) is 7.06. The standard InChI is InChI=1S/C29H35N3O8S/c1-18(2)14-24(31-29(35)27-16-19-15-21(39-4)9-12-26(19)40-27)28(34)30-23-6-5-13-32(17-25(23)33)41(36,37)22-10-7-20(38-3)8-11-22/h7-12,15-16,18,23-24H,5-6,13-14,17H2,1-4H3,(H,30,34)(H,31,35)/t23?,24-/m0/s1. The van der Waals surface area contributed by atoms with Crippen molar-refractivity contribution in [3.63, 3.8) is 0 Å². The molecule has 1 aromatic heterocycles. The summed E-state index contributed by atoms with van der Waals surface area (Å²) in [5.74, 6) is -0.276. The first-order valence-corrected chi connectivity index (χ1v) is 14.8. The van der Waals surface area contributed by atoms with Crippen LogP contribution in [0.5, 0.6) is 11.5 Å². The first-order chi connectivity index (χ1) is 19.5. The maximum atomic E-state index is 13.3. The van der Waals surface area contributed by atoms with E-state index in [9.17, 15) is 22.8 Å². The van der Waals surface area contributed by atoms with Gasteiger partial charge in [-0.1, -0.05) is 13.8 Å². The Balaban J connectivity index is 1.44. The number of ether oxygens (including phenoxy) is 2. The van der Waals surface area contributed by atoms with Crippen LogP contribution >= 0.6 is 0 Å². The van der Waals surface area contributed by atoms with Crippen LogP contribution in [0.2, 0.25) is 0 Å². The van der Waals surface area contributed by atoms with Gasteiger partial charge >= 0.3 is 0 Å². The van der Waals surface area contributed by atoms with Gasteiger partial charge in [0.05, 0.1) is 31.7 Å². The summed E-state index contributed by atoms with van der Waals surface area (Å²) in [5, 5.41) is 6.16. The minimum absolute atomic E-state index is 0.0414. The summed E-state index contributed by atoms with van der Waals surface area (Å²) in [7, 11) is -0.893. The number of ketones is 1. The van der Waals surface area contributed by atoms with E-state index in [1.807, 2.05) is 13.8 Å². The number of carbonyl (C=O) groups excluding carboxylic acids is 3. The van der Waals surface area contributed by atoms with Gasteiger partial charge in [0.25, 0.3) is 5.91 Å². The molecule has 0 spiro atoms. The number of Topliss-reactive ketones (excluding diaryl/α,β-unsaturated/α-hetero) is 1. The van der Waals surface area contributed by atoms with E-state index in [-0.39, 0.29) is 36.1 Å². The van der Waals surface area contributed by atoms with E-state index < -0.39 is 39.7 Å². The van der Waals surface area contributed by atoms with Crippen LogP contribution < -0.4 is 20.1 Å². The second-order valence-corrected chi connectivity index (χ2v) is 12.3. The van der Waals surface area contributed by atoms with Gasteiger partial charge in [0.15, 0.2) is 11.5 Å². The highest BCUT2D eigenvalue weighted by atomic mass is 32.2. The van der Waals surface area contributed by atoms with E-state index in [0.717, 1.165) is 4.31 Å². The third-order valence-electron chi connectivity index (χ3n) is 6.91. The molecule has 0 aliphatic carbocycles. The average molecular weight is 586 g/mol. The fourth-order valence-electron chi connectivity index (χ4n) is 4.72. The molecular weight excluding hydrogens is 550 g/mol. The van der Waals surface area contributed by atoms with Crippen molar-refractivity contribution in [2.45, 2.75) is 50.1 Å². The van der Waals surface area contributed by atoms with Crippen LogP contribution in [-0.4, -0.2) is 69.7 Å². The number of sulfonamides is 1. The summed E-state index contributed by atoms with van der Waals surface area (Å²) in [6, 6.07) is 10.9. The van der Waals surface area contributed by atoms with Gasteiger partial charge < -0.3 is 24.5 Å². The Morgan fingerprint density at radius 1 is 1.05 bits per heavy atom. The maximum absolute atomic E-state index is 13.3. The summed E-state index contributed by atoms with van der Waals surface area (Å²) in [5.41, 5.74) is 0.499. The lowest BCUT2D eigenvalue weighted by atomic mass is 10.0. The molecule has 11 nitrogen and oxygen atoms in total. The fraction of sp³-hybridized carbons (Fsp3) is 0.414. The Hall–Kier alpha value is -3.90. The lowest BCUT2D eigenvalue weighted by Gasteiger charge is -2.23. The van der Waals surface area contributed by atoms with Crippen molar-refractivity contribution in [2.24, 2.45) is 5.92 Å². The first-order valence-electron chi connectivity index (χ1n) is 13.4. The molecule has 0 saturated carbocycles. The Bertz CT molecular complexity index is 1510. The van der Waals surface area contributed by atoms with E-state index in [0.29, 0.717) is 35.3 Å². The topological polar surface area (TPSA) is 144 Å². The van der Waals surface area contributed by atoms with Crippen LogP contribution in [0.3, 0.4) is 0 Å². The van der Waals surface area contributed by atoms with Gasteiger partial charge in [-0.25, -0.2) is 8.42 Å². The van der Waals surface area contributed by atoms with Gasteiger partial charge in [0.1, 0.15) is 23.1 Å². The molecule has 1 fully saturated rings. The zero-order valence-corrected chi connectivity index (χ0v) is 24.3. The summed E-state index contributed by atoms with van der Waals surface area (Å²) < 4.78 is 43.5. The van der Waals surface area contributed by atoms with Gasteiger partial charge in [-0.15, -0.1) is 0 Å². The van der Waals surface area contributed by atoms with Crippen LogP contribution in [-0.2, 0) is 19.6 Å². The molecule has 41 heavy (non-hydrogen) atoms. The molecule has 2 amide bonds. The summed E-state index contributed by atoms with van der Waals surface area (Å²) >= 11 is 0.